The largest absolute Gasteiger partial charge is 0.489 e. The quantitative estimate of drug-likeness (QED) is 0.865. The van der Waals surface area contributed by atoms with Crippen molar-refractivity contribution < 1.29 is 9.13 Å². The van der Waals surface area contributed by atoms with Crippen molar-refractivity contribution in [3.8, 4) is 5.75 Å². The van der Waals surface area contributed by atoms with Crippen molar-refractivity contribution in [1.82, 2.24) is 5.32 Å². The second-order valence-electron chi connectivity index (χ2n) is 5.22. The predicted octanol–water partition coefficient (Wildman–Crippen LogP) is 3.66. The van der Waals surface area contributed by atoms with E-state index < -0.39 is 0 Å². The predicted molar refractivity (Wildman–Crippen MR) is 77.0 cm³/mol. The van der Waals surface area contributed by atoms with Crippen molar-refractivity contribution in [2.45, 2.75) is 32.0 Å². The first kappa shape index (κ1) is 13.1. The second kappa shape index (κ2) is 6.06. The van der Waals surface area contributed by atoms with Gasteiger partial charge in [-0.1, -0.05) is 24.3 Å². The van der Waals surface area contributed by atoms with Crippen molar-refractivity contribution in [1.29, 1.82) is 0 Å². The molecule has 0 bridgehead atoms. The zero-order chi connectivity index (χ0) is 13.8. The van der Waals surface area contributed by atoms with E-state index in [-0.39, 0.29) is 5.82 Å². The summed E-state index contributed by atoms with van der Waals surface area (Å²) in [7, 11) is 0. The normalized spacial score (nSPS) is 14.2. The van der Waals surface area contributed by atoms with Crippen molar-refractivity contribution in [2.75, 3.05) is 0 Å². The molecule has 20 heavy (non-hydrogen) atoms. The summed E-state index contributed by atoms with van der Waals surface area (Å²) in [4.78, 5) is 0. The Hall–Kier alpha value is -1.87. The summed E-state index contributed by atoms with van der Waals surface area (Å²) in [6.07, 6.45) is 2.60. The average molecular weight is 271 g/mol. The van der Waals surface area contributed by atoms with Gasteiger partial charge in [0.2, 0.25) is 0 Å². The van der Waals surface area contributed by atoms with Gasteiger partial charge < -0.3 is 10.1 Å². The Balaban J connectivity index is 1.52. The first-order chi connectivity index (χ1) is 9.79. The Kier molecular flexibility index (Phi) is 3.97. The molecule has 0 atom stereocenters. The maximum atomic E-state index is 13.0. The van der Waals surface area contributed by atoms with Crippen LogP contribution in [0.1, 0.15) is 24.0 Å². The van der Waals surface area contributed by atoms with E-state index in [9.17, 15) is 4.39 Å². The van der Waals surface area contributed by atoms with Gasteiger partial charge in [0, 0.05) is 12.6 Å². The minimum atomic E-state index is -0.229. The number of hydrogen-bond donors (Lipinski definition) is 1. The molecule has 2 aromatic carbocycles. The van der Waals surface area contributed by atoms with Crippen LogP contribution < -0.4 is 10.1 Å². The van der Waals surface area contributed by atoms with Crippen molar-refractivity contribution in [2.24, 2.45) is 0 Å². The lowest BCUT2D eigenvalue weighted by Crippen LogP contribution is -2.15. The van der Waals surface area contributed by atoms with E-state index in [1.807, 2.05) is 18.2 Å². The topological polar surface area (TPSA) is 21.3 Å². The highest BCUT2D eigenvalue weighted by Crippen LogP contribution is 2.20. The van der Waals surface area contributed by atoms with Gasteiger partial charge in [-0.15, -0.1) is 0 Å². The summed E-state index contributed by atoms with van der Waals surface area (Å²) in [5, 5.41) is 3.47. The highest BCUT2D eigenvalue weighted by molar-refractivity contribution is 5.28. The van der Waals surface area contributed by atoms with Crippen LogP contribution in [-0.4, -0.2) is 6.04 Å². The fourth-order valence-corrected chi connectivity index (χ4v) is 2.05. The molecular weight excluding hydrogens is 253 g/mol. The molecule has 0 radical (unpaired) electrons. The Labute approximate surface area is 118 Å². The van der Waals surface area contributed by atoms with Gasteiger partial charge in [-0.3, -0.25) is 0 Å². The molecule has 1 N–H and O–H groups in total. The van der Waals surface area contributed by atoms with E-state index in [2.05, 4.69) is 17.4 Å². The minimum Gasteiger partial charge on any atom is -0.489 e. The molecule has 1 aliphatic rings. The molecule has 0 aromatic heterocycles. The summed E-state index contributed by atoms with van der Waals surface area (Å²) >= 11 is 0. The average Bonchev–Trinajstić information content (AvgIpc) is 3.28. The first-order valence-corrected chi connectivity index (χ1v) is 6.99. The molecule has 3 heteroatoms. The van der Waals surface area contributed by atoms with Crippen LogP contribution in [0.3, 0.4) is 0 Å². The van der Waals surface area contributed by atoms with Crippen LogP contribution in [-0.2, 0) is 13.2 Å². The van der Waals surface area contributed by atoms with Gasteiger partial charge in [0.15, 0.2) is 0 Å². The number of ether oxygens (including phenoxy) is 1. The molecule has 2 nitrogen and oxygen atoms in total. The summed E-state index contributed by atoms with van der Waals surface area (Å²) in [6, 6.07) is 15.3. The fraction of sp³-hybridized carbons (Fsp3) is 0.294. The first-order valence-electron chi connectivity index (χ1n) is 6.99. The van der Waals surface area contributed by atoms with Gasteiger partial charge in [0.1, 0.15) is 18.2 Å². The number of rotatable bonds is 6. The van der Waals surface area contributed by atoms with E-state index in [1.54, 1.807) is 6.07 Å². The zero-order valence-corrected chi connectivity index (χ0v) is 11.3. The molecule has 2 aromatic rings. The Morgan fingerprint density at radius 3 is 2.55 bits per heavy atom. The van der Waals surface area contributed by atoms with Gasteiger partial charge in [0.05, 0.1) is 0 Å². The molecule has 0 saturated heterocycles. The van der Waals surface area contributed by atoms with E-state index in [0.717, 1.165) is 23.9 Å². The highest BCUT2D eigenvalue weighted by Gasteiger charge is 2.19. The standard InChI is InChI=1S/C17H18FNO/c18-15-3-1-2-14(10-15)12-20-17-8-4-13(5-9-17)11-19-16-6-7-16/h1-5,8-10,16,19H,6-7,11-12H2. The maximum Gasteiger partial charge on any atom is 0.123 e. The third-order valence-corrected chi connectivity index (χ3v) is 3.39. The summed E-state index contributed by atoms with van der Waals surface area (Å²) in [5.41, 5.74) is 2.10. The van der Waals surface area contributed by atoms with Gasteiger partial charge >= 0.3 is 0 Å². The van der Waals surface area contributed by atoms with Crippen LogP contribution in [0.4, 0.5) is 4.39 Å². The van der Waals surface area contributed by atoms with E-state index in [4.69, 9.17) is 4.74 Å². The monoisotopic (exact) mass is 271 g/mol. The lowest BCUT2D eigenvalue weighted by Gasteiger charge is -2.08. The van der Waals surface area contributed by atoms with Crippen molar-refractivity contribution >= 4 is 0 Å². The summed E-state index contributed by atoms with van der Waals surface area (Å²) in [5.74, 6) is 0.581. The highest BCUT2D eigenvalue weighted by atomic mass is 19.1. The molecule has 104 valence electrons. The summed E-state index contributed by atoms with van der Waals surface area (Å²) in [6.45, 7) is 1.30. The SMILES string of the molecule is Fc1cccc(COc2ccc(CNC3CC3)cc2)c1. The van der Waals surface area contributed by atoms with Gasteiger partial charge in [0.25, 0.3) is 0 Å². The third kappa shape index (κ3) is 3.81. The Morgan fingerprint density at radius 1 is 1.05 bits per heavy atom. The molecular formula is C17H18FNO. The molecule has 0 heterocycles. The Morgan fingerprint density at radius 2 is 1.85 bits per heavy atom. The molecule has 0 spiro atoms. The van der Waals surface area contributed by atoms with E-state index in [1.165, 1.54) is 30.5 Å². The van der Waals surface area contributed by atoms with Crippen LogP contribution in [0.2, 0.25) is 0 Å². The lowest BCUT2D eigenvalue weighted by molar-refractivity contribution is 0.305. The number of hydrogen-bond acceptors (Lipinski definition) is 2. The fourth-order valence-electron chi connectivity index (χ4n) is 2.05. The molecule has 1 aliphatic carbocycles. The maximum absolute atomic E-state index is 13.0. The number of nitrogens with one attached hydrogen (secondary N) is 1. The van der Waals surface area contributed by atoms with Crippen molar-refractivity contribution in [3.63, 3.8) is 0 Å². The second-order valence-corrected chi connectivity index (χ2v) is 5.22. The zero-order valence-electron chi connectivity index (χ0n) is 11.3. The van der Waals surface area contributed by atoms with Crippen molar-refractivity contribution in [3.05, 3.63) is 65.5 Å². The number of benzene rings is 2. The molecule has 1 saturated carbocycles. The Bertz CT molecular complexity index is 563. The molecule has 0 amide bonds. The summed E-state index contributed by atoms with van der Waals surface area (Å²) < 4.78 is 18.7. The van der Waals surface area contributed by atoms with Crippen LogP contribution >= 0.6 is 0 Å². The molecule has 3 rings (SSSR count). The minimum absolute atomic E-state index is 0.229. The van der Waals surface area contributed by atoms with Crippen LogP contribution in [0, 0.1) is 5.82 Å². The van der Waals surface area contributed by atoms with E-state index >= 15 is 0 Å². The van der Waals surface area contributed by atoms with Gasteiger partial charge in [-0.25, -0.2) is 4.39 Å². The molecule has 0 aliphatic heterocycles. The van der Waals surface area contributed by atoms with Crippen LogP contribution in [0.5, 0.6) is 5.75 Å². The van der Waals surface area contributed by atoms with Crippen LogP contribution in [0.25, 0.3) is 0 Å². The molecule has 0 unspecified atom stereocenters. The molecule has 1 fully saturated rings. The van der Waals surface area contributed by atoms with Gasteiger partial charge in [-0.2, -0.15) is 0 Å². The van der Waals surface area contributed by atoms with E-state index in [0.29, 0.717) is 6.61 Å². The lowest BCUT2D eigenvalue weighted by atomic mass is 10.2. The van der Waals surface area contributed by atoms with Crippen LogP contribution in [0.15, 0.2) is 48.5 Å². The smallest absolute Gasteiger partial charge is 0.123 e. The third-order valence-electron chi connectivity index (χ3n) is 3.39. The number of halogens is 1. The van der Waals surface area contributed by atoms with Gasteiger partial charge in [-0.05, 0) is 48.2 Å².